The molecule has 2 rings (SSSR count). The Balaban J connectivity index is 0.00000242. The van der Waals surface area contributed by atoms with Crippen LogP contribution in [-0.4, -0.2) is 31.9 Å². The maximum atomic E-state index is 13.8. The van der Waals surface area contributed by atoms with Crippen molar-refractivity contribution in [3.8, 4) is 0 Å². The molecule has 9 heteroatoms. The molecule has 22 heavy (non-hydrogen) atoms. The van der Waals surface area contributed by atoms with Gasteiger partial charge in [-0.15, -0.1) is 12.4 Å². The molecule has 1 saturated heterocycles. The van der Waals surface area contributed by atoms with Crippen LogP contribution < -0.4 is 5.73 Å². The van der Waals surface area contributed by atoms with Gasteiger partial charge in [0, 0.05) is 25.2 Å². The lowest BCUT2D eigenvalue weighted by Crippen LogP contribution is -2.42. The van der Waals surface area contributed by atoms with E-state index in [-0.39, 0.29) is 28.8 Å². The predicted molar refractivity (Wildman–Crippen MR) is 86.4 cm³/mol. The molecule has 0 aliphatic carbocycles. The number of hydrogen-bond acceptors (Lipinski definition) is 3. The first-order chi connectivity index (χ1) is 9.73. The maximum absolute atomic E-state index is 13.8. The normalized spacial score (nSPS) is 18.8. The minimum absolute atomic E-state index is 0. The number of halogens is 4. The Morgan fingerprint density at radius 2 is 1.82 bits per heavy atom. The van der Waals surface area contributed by atoms with Gasteiger partial charge in [0.25, 0.3) is 0 Å². The van der Waals surface area contributed by atoms with E-state index in [4.69, 9.17) is 5.73 Å². The van der Waals surface area contributed by atoms with E-state index in [1.54, 1.807) is 0 Å². The van der Waals surface area contributed by atoms with E-state index in [0.717, 1.165) is 6.07 Å². The molecule has 1 heterocycles. The molecule has 0 spiro atoms. The van der Waals surface area contributed by atoms with Crippen LogP contribution in [0.15, 0.2) is 21.5 Å². The summed E-state index contributed by atoms with van der Waals surface area (Å²) in [5.41, 5.74) is 5.82. The van der Waals surface area contributed by atoms with Crippen molar-refractivity contribution in [3.05, 3.63) is 28.2 Å². The average Bonchev–Trinajstić information content (AvgIpc) is 2.42. The zero-order chi connectivity index (χ0) is 15.8. The molecular formula is C13H18BrClF2N2O2S. The molecule has 0 saturated carbocycles. The van der Waals surface area contributed by atoms with E-state index in [2.05, 4.69) is 15.9 Å². The van der Waals surface area contributed by atoms with Gasteiger partial charge in [-0.2, -0.15) is 4.31 Å². The van der Waals surface area contributed by atoms with Crippen LogP contribution in [-0.2, 0) is 10.0 Å². The second-order valence-corrected chi connectivity index (χ2v) is 8.06. The zero-order valence-corrected chi connectivity index (χ0v) is 15.1. The average molecular weight is 420 g/mol. The molecule has 4 nitrogen and oxygen atoms in total. The number of rotatable bonds is 3. The van der Waals surface area contributed by atoms with Crippen LogP contribution in [0.1, 0.15) is 19.8 Å². The van der Waals surface area contributed by atoms with Gasteiger partial charge in [0.1, 0.15) is 16.5 Å². The summed E-state index contributed by atoms with van der Waals surface area (Å²) in [4.78, 5) is -0.505. The smallest absolute Gasteiger partial charge is 0.246 e. The van der Waals surface area contributed by atoms with Crippen molar-refractivity contribution in [3.63, 3.8) is 0 Å². The van der Waals surface area contributed by atoms with Crippen LogP contribution in [0.5, 0.6) is 0 Å². The first-order valence-electron chi connectivity index (χ1n) is 6.63. The third-order valence-corrected chi connectivity index (χ3v) is 6.36. The van der Waals surface area contributed by atoms with Gasteiger partial charge >= 0.3 is 0 Å². The molecule has 0 radical (unpaired) electrons. The summed E-state index contributed by atoms with van der Waals surface area (Å²) < 4.78 is 53.1. The first-order valence-corrected chi connectivity index (χ1v) is 8.87. The topological polar surface area (TPSA) is 63.4 Å². The molecular weight excluding hydrogens is 402 g/mol. The molecule has 2 N–H and O–H groups in total. The molecule has 1 aromatic rings. The van der Waals surface area contributed by atoms with E-state index < -0.39 is 26.6 Å². The fourth-order valence-electron chi connectivity index (χ4n) is 2.48. The molecule has 1 aromatic carbocycles. The largest absolute Gasteiger partial charge is 0.328 e. The van der Waals surface area contributed by atoms with Crippen LogP contribution in [0.25, 0.3) is 0 Å². The van der Waals surface area contributed by atoms with E-state index in [1.807, 2.05) is 6.92 Å². The lowest BCUT2D eigenvalue weighted by Gasteiger charge is -2.33. The van der Waals surface area contributed by atoms with Crippen LogP contribution >= 0.6 is 28.3 Å². The fourth-order valence-corrected chi connectivity index (χ4v) is 4.52. The van der Waals surface area contributed by atoms with Crippen molar-refractivity contribution >= 4 is 38.4 Å². The highest BCUT2D eigenvalue weighted by Crippen LogP contribution is 2.29. The summed E-state index contributed by atoms with van der Waals surface area (Å²) >= 11 is 2.88. The molecule has 126 valence electrons. The molecule has 1 unspecified atom stereocenters. The standard InChI is InChI=1S/C13H17BrF2N2O2S.ClH/c1-8(17)9-2-4-18(5-3-9)21(19,20)13-6-10(14)11(15)7-12(13)16;/h6-9H,2-5,17H2,1H3;1H. The van der Waals surface area contributed by atoms with Crippen LogP contribution in [0.3, 0.4) is 0 Å². The SMILES string of the molecule is CC(N)C1CCN(S(=O)(=O)c2cc(Br)c(F)cc2F)CC1.Cl. The third kappa shape index (κ3) is 3.97. The zero-order valence-electron chi connectivity index (χ0n) is 11.9. The number of benzene rings is 1. The summed E-state index contributed by atoms with van der Waals surface area (Å²) in [5.74, 6) is -1.65. The Hall–Kier alpha value is -0.280. The number of piperidine rings is 1. The van der Waals surface area contributed by atoms with Gasteiger partial charge in [-0.1, -0.05) is 0 Å². The van der Waals surface area contributed by atoms with Crippen molar-refractivity contribution in [2.45, 2.75) is 30.7 Å². The molecule has 1 atom stereocenters. The predicted octanol–water partition coefficient (Wildman–Crippen LogP) is 2.90. The van der Waals surface area contributed by atoms with Gasteiger partial charge in [0.2, 0.25) is 10.0 Å². The Bertz CT molecular complexity index is 635. The quantitative estimate of drug-likeness (QED) is 0.766. The molecule has 0 bridgehead atoms. The van der Waals surface area contributed by atoms with Crippen LogP contribution in [0, 0.1) is 17.6 Å². The first kappa shape index (κ1) is 19.8. The van der Waals surface area contributed by atoms with Gasteiger partial charge in [-0.25, -0.2) is 17.2 Å². The highest BCUT2D eigenvalue weighted by Gasteiger charge is 2.32. The number of nitrogens with two attached hydrogens (primary N) is 1. The number of nitrogens with zero attached hydrogens (tertiary/aromatic N) is 1. The van der Waals surface area contributed by atoms with Crippen molar-refractivity contribution in [1.29, 1.82) is 0 Å². The summed E-state index contributed by atoms with van der Waals surface area (Å²) in [6.07, 6.45) is 1.28. The van der Waals surface area contributed by atoms with Crippen LogP contribution in [0.2, 0.25) is 0 Å². The van der Waals surface area contributed by atoms with E-state index >= 15 is 0 Å². The van der Waals surface area contributed by atoms with Gasteiger partial charge < -0.3 is 5.73 Å². The minimum Gasteiger partial charge on any atom is -0.328 e. The maximum Gasteiger partial charge on any atom is 0.246 e. The van der Waals surface area contributed by atoms with Gasteiger partial charge in [-0.3, -0.25) is 0 Å². The third-order valence-electron chi connectivity index (χ3n) is 3.83. The summed E-state index contributed by atoms with van der Waals surface area (Å²) in [5, 5.41) is 0. The summed E-state index contributed by atoms with van der Waals surface area (Å²) in [7, 11) is -3.96. The number of hydrogen-bond donors (Lipinski definition) is 1. The fraction of sp³-hybridized carbons (Fsp3) is 0.538. The van der Waals surface area contributed by atoms with E-state index in [9.17, 15) is 17.2 Å². The molecule has 0 amide bonds. The van der Waals surface area contributed by atoms with Crippen molar-refractivity contribution in [1.82, 2.24) is 4.31 Å². The molecule has 0 aromatic heterocycles. The Kier molecular flexibility index (Phi) is 6.76. The second-order valence-electron chi connectivity index (χ2n) is 5.30. The monoisotopic (exact) mass is 418 g/mol. The van der Waals surface area contributed by atoms with Gasteiger partial charge in [-0.05, 0) is 47.7 Å². The van der Waals surface area contributed by atoms with Gasteiger partial charge in [0.15, 0.2) is 0 Å². The van der Waals surface area contributed by atoms with E-state index in [1.165, 1.54) is 4.31 Å². The summed E-state index contributed by atoms with van der Waals surface area (Å²) in [6, 6.07) is 1.55. The molecule has 1 aliphatic heterocycles. The van der Waals surface area contributed by atoms with Gasteiger partial charge in [0.05, 0.1) is 4.47 Å². The minimum atomic E-state index is -3.96. The van der Waals surface area contributed by atoms with E-state index in [0.29, 0.717) is 32.0 Å². The lowest BCUT2D eigenvalue weighted by molar-refractivity contribution is 0.250. The highest BCUT2D eigenvalue weighted by molar-refractivity contribution is 9.10. The molecule has 1 aliphatic rings. The molecule has 1 fully saturated rings. The second kappa shape index (κ2) is 7.53. The number of sulfonamides is 1. The van der Waals surface area contributed by atoms with Crippen molar-refractivity contribution in [2.24, 2.45) is 11.7 Å². The highest BCUT2D eigenvalue weighted by atomic mass is 79.9. The Labute approximate surface area is 143 Å². The van der Waals surface area contributed by atoms with Crippen molar-refractivity contribution < 1.29 is 17.2 Å². The van der Waals surface area contributed by atoms with Crippen LogP contribution in [0.4, 0.5) is 8.78 Å². The lowest BCUT2D eigenvalue weighted by atomic mass is 9.92. The van der Waals surface area contributed by atoms with Crippen molar-refractivity contribution in [2.75, 3.05) is 13.1 Å². The Morgan fingerprint density at radius 1 is 1.27 bits per heavy atom. The Morgan fingerprint density at radius 3 is 2.32 bits per heavy atom. The summed E-state index contributed by atoms with van der Waals surface area (Å²) in [6.45, 7) is 2.48.